The van der Waals surface area contributed by atoms with E-state index in [1.54, 1.807) is 0 Å². The van der Waals surface area contributed by atoms with Crippen molar-refractivity contribution in [1.82, 2.24) is 9.78 Å². The molecule has 0 amide bonds. The maximum Gasteiger partial charge on any atom is 0.286 e. The molecule has 100 valence electrons. The zero-order chi connectivity index (χ0) is 14.1. The van der Waals surface area contributed by atoms with Crippen molar-refractivity contribution in [1.29, 1.82) is 0 Å². The Hall–Kier alpha value is -1.59. The molecule has 0 bridgehead atoms. The fourth-order valence-electron chi connectivity index (χ4n) is 2.02. The highest BCUT2D eigenvalue weighted by Gasteiger charge is 2.15. The van der Waals surface area contributed by atoms with Gasteiger partial charge in [0, 0.05) is 10.0 Å². The molecular formula is C15H10Br2N2O. The van der Waals surface area contributed by atoms with Crippen molar-refractivity contribution >= 4 is 31.9 Å². The van der Waals surface area contributed by atoms with Crippen molar-refractivity contribution in [2.24, 2.45) is 0 Å². The number of benzene rings is 2. The highest BCUT2D eigenvalue weighted by atomic mass is 79.9. The van der Waals surface area contributed by atoms with Crippen LogP contribution >= 0.6 is 31.9 Å². The fraction of sp³-hybridized carbons (Fsp3) is 0. The van der Waals surface area contributed by atoms with Gasteiger partial charge in [-0.2, -0.15) is 0 Å². The lowest BCUT2D eigenvalue weighted by Gasteiger charge is -2.04. The number of aromatic amines is 1. The Balaban J connectivity index is 2.22. The first-order valence-electron chi connectivity index (χ1n) is 5.99. The third kappa shape index (κ3) is 2.27. The van der Waals surface area contributed by atoms with Gasteiger partial charge in [0.25, 0.3) is 5.56 Å². The summed E-state index contributed by atoms with van der Waals surface area (Å²) in [6.07, 6.45) is 0. The van der Waals surface area contributed by atoms with Gasteiger partial charge in [0.1, 0.15) is 4.47 Å². The van der Waals surface area contributed by atoms with Crippen molar-refractivity contribution in [3.63, 3.8) is 0 Å². The molecule has 20 heavy (non-hydrogen) atoms. The van der Waals surface area contributed by atoms with Crippen LogP contribution in [0.4, 0.5) is 0 Å². The lowest BCUT2D eigenvalue weighted by molar-refractivity contribution is 0.847. The second-order valence-corrected chi connectivity index (χ2v) is 5.91. The number of hydrogen-bond donors (Lipinski definition) is 1. The largest absolute Gasteiger partial charge is 0.289 e. The summed E-state index contributed by atoms with van der Waals surface area (Å²) in [5.41, 5.74) is 2.39. The van der Waals surface area contributed by atoms with E-state index in [-0.39, 0.29) is 5.56 Å². The van der Waals surface area contributed by atoms with Gasteiger partial charge >= 0.3 is 0 Å². The molecule has 0 radical (unpaired) electrons. The van der Waals surface area contributed by atoms with E-state index in [9.17, 15) is 4.79 Å². The second-order valence-electron chi connectivity index (χ2n) is 4.26. The Kier molecular flexibility index (Phi) is 3.63. The Morgan fingerprint density at radius 2 is 1.55 bits per heavy atom. The normalized spacial score (nSPS) is 10.7. The van der Waals surface area contributed by atoms with Gasteiger partial charge in [0.15, 0.2) is 0 Å². The molecule has 0 fully saturated rings. The average Bonchev–Trinajstić information content (AvgIpc) is 2.77. The predicted molar refractivity (Wildman–Crippen MR) is 87.2 cm³/mol. The van der Waals surface area contributed by atoms with Crippen LogP contribution < -0.4 is 5.56 Å². The lowest BCUT2D eigenvalue weighted by Crippen LogP contribution is -2.15. The number of rotatable bonds is 2. The summed E-state index contributed by atoms with van der Waals surface area (Å²) >= 11 is 6.84. The topological polar surface area (TPSA) is 37.8 Å². The van der Waals surface area contributed by atoms with E-state index < -0.39 is 0 Å². The SMILES string of the molecule is O=c1c(Br)c(-c2ccccc2)[nH]n1-c1ccccc1Br. The number of hydrogen-bond acceptors (Lipinski definition) is 1. The summed E-state index contributed by atoms with van der Waals surface area (Å²) in [5.74, 6) is 0. The van der Waals surface area contributed by atoms with Crippen LogP contribution in [0.25, 0.3) is 16.9 Å². The summed E-state index contributed by atoms with van der Waals surface area (Å²) in [4.78, 5) is 12.4. The molecule has 5 heteroatoms. The van der Waals surface area contributed by atoms with E-state index in [1.165, 1.54) is 4.68 Å². The number of H-pyrrole nitrogens is 1. The number of nitrogens with one attached hydrogen (secondary N) is 1. The molecule has 0 aliphatic rings. The van der Waals surface area contributed by atoms with Crippen LogP contribution in [0.2, 0.25) is 0 Å². The first kappa shape index (κ1) is 13.4. The molecule has 1 N–H and O–H groups in total. The summed E-state index contributed by atoms with van der Waals surface area (Å²) in [6, 6.07) is 17.3. The minimum atomic E-state index is -0.115. The molecule has 0 aliphatic heterocycles. The maximum absolute atomic E-state index is 12.4. The molecule has 0 saturated heterocycles. The zero-order valence-corrected chi connectivity index (χ0v) is 13.5. The Bertz CT molecular complexity index is 806. The van der Waals surface area contributed by atoms with Crippen molar-refractivity contribution in [2.75, 3.05) is 0 Å². The monoisotopic (exact) mass is 392 g/mol. The van der Waals surface area contributed by atoms with Gasteiger partial charge in [-0.15, -0.1) is 0 Å². The highest BCUT2D eigenvalue weighted by molar-refractivity contribution is 9.11. The Morgan fingerprint density at radius 1 is 0.900 bits per heavy atom. The maximum atomic E-state index is 12.4. The predicted octanol–water partition coefficient (Wildman–Crippen LogP) is 4.36. The molecule has 0 unspecified atom stereocenters. The standard InChI is InChI=1S/C15H10Br2N2O/c16-11-8-4-5-9-12(11)19-15(20)13(17)14(18-19)10-6-2-1-3-7-10/h1-9,18H. The molecule has 2 aromatic carbocycles. The molecule has 1 aromatic heterocycles. The minimum absolute atomic E-state index is 0.115. The summed E-state index contributed by atoms with van der Waals surface area (Å²) in [6.45, 7) is 0. The molecule has 0 saturated carbocycles. The first-order valence-corrected chi connectivity index (χ1v) is 7.58. The molecule has 0 aliphatic carbocycles. The molecule has 3 aromatic rings. The third-order valence-corrected chi connectivity index (χ3v) is 4.40. The Labute approximate surface area is 132 Å². The van der Waals surface area contributed by atoms with Crippen molar-refractivity contribution in [3.8, 4) is 16.9 Å². The van der Waals surface area contributed by atoms with Crippen molar-refractivity contribution in [2.45, 2.75) is 0 Å². The first-order chi connectivity index (χ1) is 9.68. The molecule has 3 rings (SSSR count). The highest BCUT2D eigenvalue weighted by Crippen LogP contribution is 2.26. The zero-order valence-electron chi connectivity index (χ0n) is 10.3. The van der Waals surface area contributed by atoms with Gasteiger partial charge in [-0.05, 0) is 44.0 Å². The van der Waals surface area contributed by atoms with Gasteiger partial charge in [-0.3, -0.25) is 9.89 Å². The lowest BCUT2D eigenvalue weighted by atomic mass is 10.2. The summed E-state index contributed by atoms with van der Waals surface area (Å²) < 4.78 is 2.91. The van der Waals surface area contributed by atoms with Crippen molar-refractivity contribution in [3.05, 3.63) is 73.9 Å². The molecule has 1 heterocycles. The van der Waals surface area contributed by atoms with E-state index in [2.05, 4.69) is 37.0 Å². The molecule has 0 spiro atoms. The van der Waals surface area contributed by atoms with Crippen LogP contribution in [0.3, 0.4) is 0 Å². The van der Waals surface area contributed by atoms with Gasteiger partial charge in [-0.1, -0.05) is 42.5 Å². The van der Waals surface area contributed by atoms with Crippen LogP contribution in [0.5, 0.6) is 0 Å². The smallest absolute Gasteiger partial charge is 0.286 e. The van der Waals surface area contributed by atoms with Crippen LogP contribution in [-0.2, 0) is 0 Å². The number of para-hydroxylation sites is 1. The number of aromatic nitrogens is 2. The van der Waals surface area contributed by atoms with Crippen LogP contribution in [0.15, 0.2) is 68.3 Å². The molecular weight excluding hydrogens is 384 g/mol. The van der Waals surface area contributed by atoms with Gasteiger partial charge in [0.05, 0.1) is 11.4 Å². The molecule has 0 atom stereocenters. The quantitative estimate of drug-likeness (QED) is 0.690. The summed E-state index contributed by atoms with van der Waals surface area (Å²) in [5, 5.41) is 3.15. The van der Waals surface area contributed by atoms with Crippen LogP contribution in [0, 0.1) is 0 Å². The minimum Gasteiger partial charge on any atom is -0.289 e. The Morgan fingerprint density at radius 3 is 2.25 bits per heavy atom. The van der Waals surface area contributed by atoms with E-state index in [0.29, 0.717) is 4.47 Å². The van der Waals surface area contributed by atoms with Gasteiger partial charge < -0.3 is 0 Å². The second kappa shape index (κ2) is 5.42. The molecule has 3 nitrogen and oxygen atoms in total. The number of halogens is 2. The van der Waals surface area contributed by atoms with Crippen LogP contribution in [-0.4, -0.2) is 9.78 Å². The average molecular weight is 394 g/mol. The van der Waals surface area contributed by atoms with E-state index in [0.717, 1.165) is 21.4 Å². The van der Waals surface area contributed by atoms with Gasteiger partial charge in [0.2, 0.25) is 0 Å². The van der Waals surface area contributed by atoms with E-state index in [4.69, 9.17) is 0 Å². The van der Waals surface area contributed by atoms with Crippen molar-refractivity contribution < 1.29 is 0 Å². The van der Waals surface area contributed by atoms with Gasteiger partial charge in [-0.25, -0.2) is 4.68 Å². The van der Waals surface area contributed by atoms with E-state index >= 15 is 0 Å². The third-order valence-electron chi connectivity index (χ3n) is 2.99. The van der Waals surface area contributed by atoms with E-state index in [1.807, 2.05) is 54.6 Å². The fourth-order valence-corrected chi connectivity index (χ4v) is 2.97. The number of nitrogens with zero attached hydrogens (tertiary/aromatic N) is 1. The van der Waals surface area contributed by atoms with Crippen LogP contribution in [0.1, 0.15) is 0 Å². The summed E-state index contributed by atoms with van der Waals surface area (Å²) in [7, 11) is 0.